The van der Waals surface area contributed by atoms with Crippen molar-refractivity contribution < 1.29 is 0 Å². The summed E-state index contributed by atoms with van der Waals surface area (Å²) >= 11 is 6.16. The number of benzene rings is 1. The Morgan fingerprint density at radius 1 is 1.41 bits per heavy atom. The van der Waals surface area contributed by atoms with Crippen LogP contribution in [0.15, 0.2) is 18.3 Å². The normalized spacial score (nSPS) is 13.2. The van der Waals surface area contributed by atoms with Crippen LogP contribution in [0.4, 0.5) is 0 Å². The van der Waals surface area contributed by atoms with Crippen molar-refractivity contribution in [2.45, 2.75) is 32.7 Å². The Morgan fingerprint density at radius 3 is 2.76 bits per heavy atom. The third kappa shape index (κ3) is 2.33. The van der Waals surface area contributed by atoms with Crippen molar-refractivity contribution in [1.82, 2.24) is 4.57 Å². The largest absolute Gasteiger partial charge is 0.350 e. The average molecular weight is 251 g/mol. The molecule has 92 valence electrons. The smallest absolute Gasteiger partial charge is 0.0525 e. The monoisotopic (exact) mass is 250 g/mol. The van der Waals surface area contributed by atoms with E-state index in [1.165, 1.54) is 16.5 Å². The first-order valence-electron chi connectivity index (χ1n) is 5.99. The van der Waals surface area contributed by atoms with E-state index in [2.05, 4.69) is 30.8 Å². The van der Waals surface area contributed by atoms with E-state index in [-0.39, 0.29) is 6.04 Å². The number of halogens is 1. The van der Waals surface area contributed by atoms with Crippen LogP contribution in [0, 0.1) is 6.92 Å². The molecule has 2 rings (SSSR count). The SMILES string of the molecule is Cc1c(Cl)ccc2c(CCC(C)N)cn(C)c12. The van der Waals surface area contributed by atoms with Gasteiger partial charge in [-0.2, -0.15) is 0 Å². The van der Waals surface area contributed by atoms with Gasteiger partial charge in [0.15, 0.2) is 0 Å². The molecule has 0 radical (unpaired) electrons. The molecule has 0 aliphatic heterocycles. The lowest BCUT2D eigenvalue weighted by atomic mass is 10.0. The van der Waals surface area contributed by atoms with Crippen molar-refractivity contribution in [3.8, 4) is 0 Å². The van der Waals surface area contributed by atoms with Crippen LogP contribution in [0.25, 0.3) is 10.9 Å². The van der Waals surface area contributed by atoms with E-state index >= 15 is 0 Å². The van der Waals surface area contributed by atoms with Gasteiger partial charge in [0, 0.05) is 29.7 Å². The topological polar surface area (TPSA) is 30.9 Å². The minimum atomic E-state index is 0.249. The van der Waals surface area contributed by atoms with Crippen LogP contribution in [0.5, 0.6) is 0 Å². The molecular formula is C14H19ClN2. The molecule has 1 aromatic carbocycles. The fraction of sp³-hybridized carbons (Fsp3) is 0.429. The molecule has 1 atom stereocenters. The van der Waals surface area contributed by atoms with Gasteiger partial charge in [-0.05, 0) is 43.9 Å². The Bertz CT molecular complexity index is 541. The molecule has 0 aliphatic rings. The first kappa shape index (κ1) is 12.5. The maximum absolute atomic E-state index is 6.16. The van der Waals surface area contributed by atoms with E-state index in [1.807, 2.05) is 13.0 Å². The van der Waals surface area contributed by atoms with E-state index in [9.17, 15) is 0 Å². The zero-order valence-corrected chi connectivity index (χ0v) is 11.4. The minimum Gasteiger partial charge on any atom is -0.350 e. The summed E-state index contributed by atoms with van der Waals surface area (Å²) in [6.07, 6.45) is 4.23. The Labute approximate surface area is 107 Å². The van der Waals surface area contributed by atoms with Gasteiger partial charge in [0.25, 0.3) is 0 Å². The number of fused-ring (bicyclic) bond motifs is 1. The molecule has 2 nitrogen and oxygen atoms in total. The van der Waals surface area contributed by atoms with E-state index in [0.29, 0.717) is 0 Å². The second kappa shape index (κ2) is 4.71. The number of nitrogens with two attached hydrogens (primary N) is 1. The minimum absolute atomic E-state index is 0.249. The van der Waals surface area contributed by atoms with Gasteiger partial charge in [-0.15, -0.1) is 0 Å². The summed E-state index contributed by atoms with van der Waals surface area (Å²) in [4.78, 5) is 0. The molecular weight excluding hydrogens is 232 g/mol. The molecule has 0 fully saturated rings. The quantitative estimate of drug-likeness (QED) is 0.889. The molecule has 2 N–H and O–H groups in total. The van der Waals surface area contributed by atoms with Crippen LogP contribution in [0.3, 0.4) is 0 Å². The maximum atomic E-state index is 6.16. The van der Waals surface area contributed by atoms with E-state index in [4.69, 9.17) is 17.3 Å². The first-order chi connectivity index (χ1) is 8.00. The zero-order valence-electron chi connectivity index (χ0n) is 10.6. The van der Waals surface area contributed by atoms with Crippen LogP contribution in [-0.2, 0) is 13.5 Å². The van der Waals surface area contributed by atoms with Crippen LogP contribution < -0.4 is 5.73 Å². The Kier molecular flexibility index (Phi) is 3.45. The standard InChI is InChI=1S/C14H19ClN2/c1-9(16)4-5-11-8-17(3)14-10(2)13(15)7-6-12(11)14/h6-9H,4-5,16H2,1-3H3. The van der Waals surface area contributed by atoms with Gasteiger partial charge in [-0.25, -0.2) is 0 Å². The molecule has 2 aromatic rings. The second-order valence-corrected chi connectivity index (χ2v) is 5.26. The molecule has 0 bridgehead atoms. The van der Waals surface area contributed by atoms with Gasteiger partial charge in [0.2, 0.25) is 0 Å². The number of aromatic nitrogens is 1. The first-order valence-corrected chi connectivity index (χ1v) is 6.37. The van der Waals surface area contributed by atoms with Crippen LogP contribution >= 0.6 is 11.6 Å². The van der Waals surface area contributed by atoms with E-state index in [1.54, 1.807) is 0 Å². The highest BCUT2D eigenvalue weighted by molar-refractivity contribution is 6.32. The Hall–Kier alpha value is -0.990. The van der Waals surface area contributed by atoms with Crippen LogP contribution in [0.2, 0.25) is 5.02 Å². The van der Waals surface area contributed by atoms with Gasteiger partial charge < -0.3 is 10.3 Å². The summed E-state index contributed by atoms with van der Waals surface area (Å²) in [5.74, 6) is 0. The van der Waals surface area contributed by atoms with E-state index < -0.39 is 0 Å². The number of nitrogens with zero attached hydrogens (tertiary/aromatic N) is 1. The summed E-state index contributed by atoms with van der Waals surface area (Å²) in [6.45, 7) is 4.12. The maximum Gasteiger partial charge on any atom is 0.0525 e. The highest BCUT2D eigenvalue weighted by Gasteiger charge is 2.11. The summed E-state index contributed by atoms with van der Waals surface area (Å²) in [6, 6.07) is 4.34. The number of aryl methyl sites for hydroxylation is 3. The molecule has 3 heteroatoms. The lowest BCUT2D eigenvalue weighted by molar-refractivity contribution is 0.667. The molecule has 0 saturated carbocycles. The Morgan fingerprint density at radius 2 is 2.12 bits per heavy atom. The molecule has 0 amide bonds. The van der Waals surface area contributed by atoms with Gasteiger partial charge in [0.1, 0.15) is 0 Å². The number of hydrogen-bond donors (Lipinski definition) is 1. The average Bonchev–Trinajstić information content (AvgIpc) is 2.58. The lowest BCUT2D eigenvalue weighted by Crippen LogP contribution is -2.15. The van der Waals surface area contributed by atoms with Crippen molar-refractivity contribution in [3.63, 3.8) is 0 Å². The molecule has 0 aliphatic carbocycles. The Balaban J connectivity index is 2.49. The fourth-order valence-electron chi connectivity index (χ4n) is 2.34. The highest BCUT2D eigenvalue weighted by Crippen LogP contribution is 2.29. The van der Waals surface area contributed by atoms with Crippen molar-refractivity contribution in [2.24, 2.45) is 12.8 Å². The number of hydrogen-bond acceptors (Lipinski definition) is 1. The predicted molar refractivity (Wildman–Crippen MR) is 74.6 cm³/mol. The molecule has 1 aromatic heterocycles. The third-order valence-electron chi connectivity index (χ3n) is 3.28. The predicted octanol–water partition coefficient (Wildman–Crippen LogP) is 3.42. The lowest BCUT2D eigenvalue weighted by Gasteiger charge is -2.05. The van der Waals surface area contributed by atoms with Crippen molar-refractivity contribution in [1.29, 1.82) is 0 Å². The fourth-order valence-corrected chi connectivity index (χ4v) is 2.49. The number of rotatable bonds is 3. The zero-order chi connectivity index (χ0) is 12.6. The molecule has 1 heterocycles. The summed E-state index contributed by atoms with van der Waals surface area (Å²) in [5.41, 5.74) is 9.56. The van der Waals surface area contributed by atoms with Gasteiger partial charge in [0.05, 0.1) is 5.52 Å². The van der Waals surface area contributed by atoms with Crippen molar-refractivity contribution >= 4 is 22.5 Å². The van der Waals surface area contributed by atoms with Gasteiger partial charge >= 0.3 is 0 Å². The highest BCUT2D eigenvalue weighted by atomic mass is 35.5. The third-order valence-corrected chi connectivity index (χ3v) is 3.69. The summed E-state index contributed by atoms with van der Waals surface area (Å²) < 4.78 is 2.16. The van der Waals surface area contributed by atoms with Crippen molar-refractivity contribution in [2.75, 3.05) is 0 Å². The van der Waals surface area contributed by atoms with Crippen molar-refractivity contribution in [3.05, 3.63) is 34.5 Å². The van der Waals surface area contributed by atoms with Crippen LogP contribution in [0.1, 0.15) is 24.5 Å². The van der Waals surface area contributed by atoms with Gasteiger partial charge in [-0.1, -0.05) is 17.7 Å². The summed E-state index contributed by atoms with van der Waals surface area (Å²) in [7, 11) is 2.07. The molecule has 1 unspecified atom stereocenters. The molecule has 0 spiro atoms. The van der Waals surface area contributed by atoms with E-state index in [0.717, 1.165) is 23.4 Å². The second-order valence-electron chi connectivity index (χ2n) is 4.85. The summed E-state index contributed by atoms with van der Waals surface area (Å²) in [5, 5.41) is 2.13. The molecule has 17 heavy (non-hydrogen) atoms. The molecule has 0 saturated heterocycles. The van der Waals surface area contributed by atoms with Gasteiger partial charge in [-0.3, -0.25) is 0 Å². The van der Waals surface area contributed by atoms with Crippen LogP contribution in [-0.4, -0.2) is 10.6 Å².